The summed E-state index contributed by atoms with van der Waals surface area (Å²) in [6, 6.07) is -0.586. The number of sulfonamides is 1. The maximum atomic E-state index is 12.1. The predicted octanol–water partition coefficient (Wildman–Crippen LogP) is 1.65. The lowest BCUT2D eigenvalue weighted by atomic mass is 9.84. The van der Waals surface area contributed by atoms with Crippen LogP contribution in [0.3, 0.4) is 0 Å². The summed E-state index contributed by atoms with van der Waals surface area (Å²) in [5.74, 6) is 0.481. The molecule has 1 rings (SSSR count). The Kier molecular flexibility index (Phi) is 6.75. The van der Waals surface area contributed by atoms with Crippen molar-refractivity contribution in [3.05, 3.63) is 0 Å². The third-order valence-electron chi connectivity index (χ3n) is 3.83. The second-order valence-electron chi connectivity index (χ2n) is 6.02. The van der Waals surface area contributed by atoms with Crippen molar-refractivity contribution in [2.75, 3.05) is 5.75 Å². The van der Waals surface area contributed by atoms with Crippen LogP contribution in [0, 0.1) is 11.8 Å². The average molecular weight is 305 g/mol. The Morgan fingerprint density at radius 2 is 1.95 bits per heavy atom. The summed E-state index contributed by atoms with van der Waals surface area (Å²) >= 11 is 0. The van der Waals surface area contributed by atoms with E-state index in [1.54, 1.807) is 0 Å². The number of hydrogen-bond donors (Lipinski definition) is 3. The predicted molar refractivity (Wildman–Crippen MR) is 80.1 cm³/mol. The van der Waals surface area contributed by atoms with E-state index in [4.69, 9.17) is 10.9 Å². The van der Waals surface area contributed by atoms with Crippen molar-refractivity contribution in [2.24, 2.45) is 22.7 Å². The first-order chi connectivity index (χ1) is 9.35. The van der Waals surface area contributed by atoms with Gasteiger partial charge in [-0.3, -0.25) is 0 Å². The molecule has 20 heavy (non-hydrogen) atoms. The molecule has 0 bridgehead atoms. The van der Waals surface area contributed by atoms with Crippen LogP contribution < -0.4 is 10.5 Å². The molecule has 0 aliphatic heterocycles. The minimum absolute atomic E-state index is 0.0370. The minimum atomic E-state index is -3.40. The molecule has 0 radical (unpaired) electrons. The number of amidine groups is 1. The zero-order valence-electron chi connectivity index (χ0n) is 12.4. The summed E-state index contributed by atoms with van der Waals surface area (Å²) in [7, 11) is -3.40. The zero-order valence-corrected chi connectivity index (χ0v) is 13.2. The Morgan fingerprint density at radius 3 is 2.45 bits per heavy atom. The number of nitrogens with zero attached hydrogens (tertiary/aromatic N) is 1. The third-order valence-corrected chi connectivity index (χ3v) is 5.21. The Hall–Kier alpha value is -0.820. The summed E-state index contributed by atoms with van der Waals surface area (Å²) < 4.78 is 26.8. The van der Waals surface area contributed by atoms with Gasteiger partial charge >= 0.3 is 0 Å². The molecule has 0 amide bonds. The monoisotopic (exact) mass is 305 g/mol. The van der Waals surface area contributed by atoms with Crippen molar-refractivity contribution in [1.82, 2.24) is 4.72 Å². The Labute approximate surface area is 121 Å². The molecule has 0 aromatic carbocycles. The van der Waals surface area contributed by atoms with Crippen molar-refractivity contribution >= 4 is 15.9 Å². The average Bonchev–Trinajstić information content (AvgIpc) is 2.43. The number of rotatable bonds is 7. The lowest BCUT2D eigenvalue weighted by molar-refractivity contribution is 0.297. The molecule has 0 aromatic rings. The van der Waals surface area contributed by atoms with Gasteiger partial charge in [0.2, 0.25) is 10.0 Å². The number of nitrogens with two attached hydrogens (primary N) is 1. The smallest absolute Gasteiger partial charge is 0.212 e. The molecule has 1 aliphatic rings. The molecule has 7 heteroatoms. The van der Waals surface area contributed by atoms with Gasteiger partial charge in [-0.2, -0.15) is 0 Å². The Balaban J connectivity index is 2.73. The van der Waals surface area contributed by atoms with E-state index < -0.39 is 16.1 Å². The summed E-state index contributed by atoms with van der Waals surface area (Å²) in [5.41, 5.74) is 5.68. The van der Waals surface area contributed by atoms with Crippen molar-refractivity contribution < 1.29 is 13.6 Å². The highest BCUT2D eigenvalue weighted by Gasteiger charge is 2.30. The molecule has 0 aromatic heterocycles. The molecule has 4 N–H and O–H groups in total. The van der Waals surface area contributed by atoms with Crippen LogP contribution in [0.1, 0.15) is 52.4 Å². The van der Waals surface area contributed by atoms with Gasteiger partial charge in [0, 0.05) is 0 Å². The molecule has 1 fully saturated rings. The molecule has 1 atom stereocenters. The normalized spacial score (nSPS) is 20.2. The highest BCUT2D eigenvalue weighted by atomic mass is 32.2. The van der Waals surface area contributed by atoms with Crippen LogP contribution >= 0.6 is 0 Å². The largest absolute Gasteiger partial charge is 0.409 e. The fourth-order valence-electron chi connectivity index (χ4n) is 2.57. The molecule has 6 nitrogen and oxygen atoms in total. The standard InChI is InChI=1S/C13H27N3O3S/c1-10(2)8-9-20(18,19)16-12(13(14)15-17)11-6-4-3-5-7-11/h10-12,16-17H,3-9H2,1-2H3,(H2,14,15). The van der Waals surface area contributed by atoms with Crippen LogP contribution in [0.25, 0.3) is 0 Å². The van der Waals surface area contributed by atoms with E-state index in [0.29, 0.717) is 12.3 Å². The van der Waals surface area contributed by atoms with Gasteiger partial charge in [-0.1, -0.05) is 38.3 Å². The Morgan fingerprint density at radius 1 is 1.35 bits per heavy atom. The molecule has 1 aliphatic carbocycles. The van der Waals surface area contributed by atoms with Gasteiger partial charge in [0.15, 0.2) is 5.84 Å². The number of hydrogen-bond acceptors (Lipinski definition) is 4. The van der Waals surface area contributed by atoms with E-state index in [-0.39, 0.29) is 17.5 Å². The lowest BCUT2D eigenvalue weighted by Gasteiger charge is -2.29. The van der Waals surface area contributed by atoms with Crippen molar-refractivity contribution in [3.63, 3.8) is 0 Å². The first kappa shape index (κ1) is 17.2. The van der Waals surface area contributed by atoms with Gasteiger partial charge in [-0.15, -0.1) is 0 Å². The highest BCUT2D eigenvalue weighted by molar-refractivity contribution is 7.89. The Bertz CT molecular complexity index is 415. The van der Waals surface area contributed by atoms with Gasteiger partial charge in [0.25, 0.3) is 0 Å². The maximum Gasteiger partial charge on any atom is 0.212 e. The number of oxime groups is 1. The minimum Gasteiger partial charge on any atom is -0.409 e. The van der Waals surface area contributed by atoms with Crippen LogP contribution in [0.15, 0.2) is 5.16 Å². The van der Waals surface area contributed by atoms with Gasteiger partial charge in [0.1, 0.15) is 0 Å². The molecule has 118 valence electrons. The van der Waals surface area contributed by atoms with E-state index in [2.05, 4.69) is 9.88 Å². The van der Waals surface area contributed by atoms with Crippen LogP contribution in [-0.4, -0.2) is 31.3 Å². The maximum absolute atomic E-state index is 12.1. The van der Waals surface area contributed by atoms with Gasteiger partial charge < -0.3 is 10.9 Å². The van der Waals surface area contributed by atoms with E-state index in [9.17, 15) is 8.42 Å². The van der Waals surface area contributed by atoms with Gasteiger partial charge in [0.05, 0.1) is 11.8 Å². The molecular formula is C13H27N3O3S. The molecular weight excluding hydrogens is 278 g/mol. The second kappa shape index (κ2) is 7.83. The summed E-state index contributed by atoms with van der Waals surface area (Å²) in [6.07, 6.45) is 5.71. The van der Waals surface area contributed by atoms with E-state index in [1.807, 2.05) is 13.8 Å². The van der Waals surface area contributed by atoms with Crippen molar-refractivity contribution in [3.8, 4) is 0 Å². The molecule has 1 saturated carbocycles. The first-order valence-corrected chi connectivity index (χ1v) is 8.98. The second-order valence-corrected chi connectivity index (χ2v) is 7.89. The zero-order chi connectivity index (χ0) is 15.2. The topological polar surface area (TPSA) is 105 Å². The molecule has 0 heterocycles. The van der Waals surface area contributed by atoms with Crippen LogP contribution in [0.5, 0.6) is 0 Å². The van der Waals surface area contributed by atoms with Crippen molar-refractivity contribution in [2.45, 2.75) is 58.4 Å². The van der Waals surface area contributed by atoms with Crippen molar-refractivity contribution in [1.29, 1.82) is 0 Å². The van der Waals surface area contributed by atoms with Gasteiger partial charge in [-0.25, -0.2) is 13.1 Å². The first-order valence-electron chi connectivity index (χ1n) is 7.33. The van der Waals surface area contributed by atoms with Crippen LogP contribution in [0.4, 0.5) is 0 Å². The number of nitrogens with one attached hydrogen (secondary N) is 1. The molecule has 0 saturated heterocycles. The quantitative estimate of drug-likeness (QED) is 0.288. The fourth-order valence-corrected chi connectivity index (χ4v) is 4.17. The molecule has 1 unspecified atom stereocenters. The SMILES string of the molecule is CC(C)CCS(=O)(=O)NC(C(N)=NO)C1CCCCC1. The van der Waals surface area contributed by atoms with E-state index in [0.717, 1.165) is 25.7 Å². The summed E-state index contributed by atoms with van der Waals surface area (Å²) in [5, 5.41) is 11.9. The summed E-state index contributed by atoms with van der Waals surface area (Å²) in [4.78, 5) is 0. The van der Waals surface area contributed by atoms with Crippen LogP contribution in [-0.2, 0) is 10.0 Å². The van der Waals surface area contributed by atoms with Crippen LogP contribution in [0.2, 0.25) is 0 Å². The van der Waals surface area contributed by atoms with E-state index >= 15 is 0 Å². The van der Waals surface area contributed by atoms with E-state index in [1.165, 1.54) is 6.42 Å². The van der Waals surface area contributed by atoms with Gasteiger partial charge in [-0.05, 0) is 31.1 Å². The lowest BCUT2D eigenvalue weighted by Crippen LogP contribution is -2.50. The third kappa shape index (κ3) is 5.66. The summed E-state index contributed by atoms with van der Waals surface area (Å²) in [6.45, 7) is 3.97. The highest BCUT2D eigenvalue weighted by Crippen LogP contribution is 2.27. The fraction of sp³-hybridized carbons (Fsp3) is 0.923. The molecule has 0 spiro atoms.